The van der Waals surface area contributed by atoms with Gasteiger partial charge in [-0.1, -0.05) is 6.07 Å². The molecule has 44 heavy (non-hydrogen) atoms. The molecule has 0 atom stereocenters. The van der Waals surface area contributed by atoms with Crippen LogP contribution in [0.2, 0.25) is 0 Å². The van der Waals surface area contributed by atoms with Crippen LogP contribution >= 0.6 is 11.3 Å². The molecule has 1 aromatic heterocycles. The summed E-state index contributed by atoms with van der Waals surface area (Å²) in [5, 5.41) is 13.8. The van der Waals surface area contributed by atoms with Gasteiger partial charge in [0, 0.05) is 35.2 Å². The van der Waals surface area contributed by atoms with Crippen molar-refractivity contribution in [1.82, 2.24) is 10.2 Å². The molecule has 0 spiro atoms. The molecule has 2 amide bonds. The number of thiophene rings is 1. The molecule has 234 valence electrons. The Bertz CT molecular complexity index is 1570. The average Bonchev–Trinajstić information content (AvgIpc) is 3.33. The lowest BCUT2D eigenvalue weighted by Gasteiger charge is -2.23. The number of benzene rings is 2. The molecule has 0 fully saturated rings. The predicted octanol–water partition coefficient (Wildman–Crippen LogP) is 4.80. The highest BCUT2D eigenvalue weighted by Crippen LogP contribution is 2.44. The van der Waals surface area contributed by atoms with E-state index in [1.165, 1.54) is 49.6 Å². The van der Waals surface area contributed by atoms with Crippen molar-refractivity contribution in [3.05, 3.63) is 105 Å². The highest BCUT2D eigenvalue weighted by atomic mass is 32.1. The smallest absolute Gasteiger partial charge is 0.415 e. The average molecular weight is 631 g/mol. The molecule has 3 rings (SSSR count). The molecular formula is C29H32F2N6O6S. The molecule has 0 aliphatic carbocycles. The highest BCUT2D eigenvalue weighted by molar-refractivity contribution is 7.20. The molecule has 0 aliphatic heterocycles. The molecule has 0 saturated heterocycles. The maximum absolute atomic E-state index is 14.8. The van der Waals surface area contributed by atoms with Crippen molar-refractivity contribution in [2.24, 2.45) is 11.5 Å². The number of rotatable bonds is 12. The highest BCUT2D eigenvalue weighted by Gasteiger charge is 2.32. The summed E-state index contributed by atoms with van der Waals surface area (Å²) in [6, 6.07) is 8.91. The summed E-state index contributed by atoms with van der Waals surface area (Å²) < 4.78 is 39.7. The van der Waals surface area contributed by atoms with E-state index in [1.54, 1.807) is 25.9 Å². The molecule has 2 aromatic carbocycles. The zero-order valence-corrected chi connectivity index (χ0v) is 25.2. The molecule has 5 N–H and O–H groups in total. The van der Waals surface area contributed by atoms with Gasteiger partial charge in [0.2, 0.25) is 0 Å². The second kappa shape index (κ2) is 14.9. The van der Waals surface area contributed by atoms with Gasteiger partial charge < -0.3 is 31.2 Å². The summed E-state index contributed by atoms with van der Waals surface area (Å²) in [5.74, 6) is -2.65. The van der Waals surface area contributed by atoms with E-state index in [-0.39, 0.29) is 41.1 Å². The molecule has 0 saturated carbocycles. The van der Waals surface area contributed by atoms with Gasteiger partial charge >= 0.3 is 6.09 Å². The Balaban J connectivity index is 2.32. The summed E-state index contributed by atoms with van der Waals surface area (Å²) in [7, 11) is 4.85. The van der Waals surface area contributed by atoms with E-state index in [0.717, 1.165) is 28.4 Å². The van der Waals surface area contributed by atoms with E-state index in [4.69, 9.17) is 20.9 Å². The standard InChI is InChI=1S/C29H32F2N6O6S/c1-5-43-29(39)36(16-19-21(30)7-6-8-22(19)31)28-25(27(38)34-23(32)13-14-24(33)42-4)20(15-35(2)3)26(44-28)17-9-11-18(12-10-17)37(40)41/h6-14H,5,15-16,32-33H2,1-4H3,(H,34,38)/b23-13+,24-14+. The van der Waals surface area contributed by atoms with Gasteiger partial charge in [0.15, 0.2) is 5.88 Å². The third-order valence-electron chi connectivity index (χ3n) is 6.06. The molecule has 15 heteroatoms. The third-order valence-corrected chi connectivity index (χ3v) is 7.37. The molecule has 0 bridgehead atoms. The lowest BCUT2D eigenvalue weighted by atomic mass is 10.0. The van der Waals surface area contributed by atoms with Crippen molar-refractivity contribution in [3.63, 3.8) is 0 Å². The SMILES string of the molecule is CCOC(=O)N(Cc1c(F)cccc1F)c1sc(-c2ccc([N+](=O)[O-])cc2)c(CN(C)C)c1C(=O)N/C(N)=C/C=C(\N)OC. The van der Waals surface area contributed by atoms with Crippen LogP contribution in [0.15, 0.2) is 66.3 Å². The number of nitrogens with one attached hydrogen (secondary N) is 1. The number of nitrogens with zero attached hydrogens (tertiary/aromatic N) is 3. The topological polar surface area (TPSA) is 166 Å². The zero-order valence-electron chi connectivity index (χ0n) is 24.4. The van der Waals surface area contributed by atoms with Gasteiger partial charge in [0.1, 0.15) is 22.5 Å². The first-order valence-electron chi connectivity index (χ1n) is 13.1. The van der Waals surface area contributed by atoms with Crippen LogP contribution in [0.4, 0.5) is 24.3 Å². The Kier molecular flexibility index (Phi) is 11.4. The van der Waals surface area contributed by atoms with Crippen molar-refractivity contribution >= 4 is 34.0 Å². The van der Waals surface area contributed by atoms with E-state index in [9.17, 15) is 28.5 Å². The number of hydrogen-bond acceptors (Lipinski definition) is 10. The number of anilines is 1. The Morgan fingerprint density at radius 1 is 1.05 bits per heavy atom. The van der Waals surface area contributed by atoms with Crippen molar-refractivity contribution < 1.29 is 32.8 Å². The monoisotopic (exact) mass is 630 g/mol. The third kappa shape index (κ3) is 8.08. The number of halogens is 2. The number of amides is 2. The van der Waals surface area contributed by atoms with E-state index >= 15 is 0 Å². The van der Waals surface area contributed by atoms with Gasteiger partial charge in [-0.2, -0.15) is 0 Å². The van der Waals surface area contributed by atoms with E-state index in [0.29, 0.717) is 16.0 Å². The quantitative estimate of drug-likeness (QED) is 0.110. The van der Waals surface area contributed by atoms with Crippen LogP contribution < -0.4 is 21.7 Å². The molecular weight excluding hydrogens is 598 g/mol. The van der Waals surface area contributed by atoms with Gasteiger partial charge in [-0.3, -0.25) is 19.8 Å². The summed E-state index contributed by atoms with van der Waals surface area (Å²) >= 11 is 0.977. The first-order chi connectivity index (χ1) is 20.9. The minimum atomic E-state index is -0.962. The molecule has 1 heterocycles. The minimum Gasteiger partial charge on any atom is -0.483 e. The van der Waals surface area contributed by atoms with E-state index in [2.05, 4.69) is 5.32 Å². The van der Waals surface area contributed by atoms with E-state index in [1.807, 2.05) is 0 Å². The number of methoxy groups -OCH3 is 1. The Hall–Kier alpha value is -5.02. The molecule has 0 unspecified atom stereocenters. The predicted molar refractivity (Wildman–Crippen MR) is 162 cm³/mol. The number of nitro groups is 1. The second-order valence-corrected chi connectivity index (χ2v) is 10.5. The lowest BCUT2D eigenvalue weighted by Crippen LogP contribution is -2.35. The fraction of sp³-hybridized carbons (Fsp3) is 0.241. The number of allylic oxidation sites excluding steroid dienone is 2. The van der Waals surface area contributed by atoms with Crippen molar-refractivity contribution in [2.45, 2.75) is 20.0 Å². The number of non-ortho nitro benzene ring substituents is 1. The number of ether oxygens (including phenoxy) is 2. The van der Waals surface area contributed by atoms with Crippen LogP contribution in [-0.4, -0.2) is 49.6 Å². The number of carbonyl (C=O) groups excluding carboxylic acids is 2. The van der Waals surface area contributed by atoms with Crippen LogP contribution in [-0.2, 0) is 22.6 Å². The fourth-order valence-corrected chi connectivity index (χ4v) is 5.35. The van der Waals surface area contributed by atoms with Crippen LogP contribution in [0.1, 0.15) is 28.4 Å². The van der Waals surface area contributed by atoms with Crippen LogP contribution in [0.25, 0.3) is 10.4 Å². The van der Waals surface area contributed by atoms with Gasteiger partial charge in [0.25, 0.3) is 11.6 Å². The normalized spacial score (nSPS) is 11.8. The lowest BCUT2D eigenvalue weighted by molar-refractivity contribution is -0.384. The van der Waals surface area contributed by atoms with Crippen LogP contribution in [0, 0.1) is 21.7 Å². The maximum atomic E-state index is 14.8. The molecule has 0 aliphatic rings. The van der Waals surface area contributed by atoms with E-state index < -0.39 is 40.7 Å². The molecule has 3 aromatic rings. The van der Waals surface area contributed by atoms with Gasteiger partial charge in [-0.05, 0) is 62.5 Å². The first-order valence-corrected chi connectivity index (χ1v) is 13.9. The Morgan fingerprint density at radius 2 is 1.68 bits per heavy atom. The molecule has 0 radical (unpaired) electrons. The van der Waals surface area contributed by atoms with Crippen LogP contribution in [0.3, 0.4) is 0 Å². The first kappa shape index (κ1) is 33.5. The summed E-state index contributed by atoms with van der Waals surface area (Å²) in [5.41, 5.74) is 12.0. The van der Waals surface area contributed by atoms with Crippen molar-refractivity contribution in [3.8, 4) is 10.4 Å². The number of nitro benzene ring substituents is 1. The Labute approximate surface area is 256 Å². The number of nitrogens with two attached hydrogens (primary N) is 2. The van der Waals surface area contributed by atoms with Gasteiger partial charge in [-0.15, -0.1) is 11.3 Å². The van der Waals surface area contributed by atoms with Crippen molar-refractivity contribution in [1.29, 1.82) is 0 Å². The van der Waals surface area contributed by atoms with Crippen LogP contribution in [0.5, 0.6) is 0 Å². The zero-order chi connectivity index (χ0) is 32.6. The van der Waals surface area contributed by atoms with Gasteiger partial charge in [0.05, 0.1) is 30.7 Å². The number of hydrogen-bond donors (Lipinski definition) is 3. The summed E-state index contributed by atoms with van der Waals surface area (Å²) in [4.78, 5) is 41.2. The second-order valence-electron chi connectivity index (χ2n) is 9.47. The Morgan fingerprint density at radius 3 is 2.23 bits per heavy atom. The largest absolute Gasteiger partial charge is 0.483 e. The van der Waals surface area contributed by atoms with Gasteiger partial charge in [-0.25, -0.2) is 13.6 Å². The van der Waals surface area contributed by atoms with Crippen molar-refractivity contribution in [2.75, 3.05) is 32.7 Å². The molecule has 12 nitrogen and oxygen atoms in total. The minimum absolute atomic E-state index is 0.00792. The maximum Gasteiger partial charge on any atom is 0.415 e. The number of carbonyl (C=O) groups is 2. The fourth-order valence-electron chi connectivity index (χ4n) is 4.05. The summed E-state index contributed by atoms with van der Waals surface area (Å²) in [6.45, 7) is 1.05. The summed E-state index contributed by atoms with van der Waals surface area (Å²) in [6.07, 6.45) is 1.65.